The van der Waals surface area contributed by atoms with Crippen molar-refractivity contribution >= 4 is 29.3 Å². The Morgan fingerprint density at radius 3 is 2.55 bits per heavy atom. The predicted octanol–water partition coefficient (Wildman–Crippen LogP) is 2.82. The number of ether oxygens (including phenoxy) is 1. The summed E-state index contributed by atoms with van der Waals surface area (Å²) in [5.41, 5.74) is -0.730. The lowest BCUT2D eigenvalue weighted by Gasteiger charge is -2.35. The number of aromatic nitrogens is 1. The van der Waals surface area contributed by atoms with Gasteiger partial charge < -0.3 is 9.64 Å². The highest BCUT2D eigenvalue weighted by Crippen LogP contribution is 2.42. The van der Waals surface area contributed by atoms with Gasteiger partial charge in [-0.1, -0.05) is 29.8 Å². The van der Waals surface area contributed by atoms with E-state index in [1.165, 1.54) is 7.05 Å². The highest BCUT2D eigenvalue weighted by molar-refractivity contribution is 6.32. The monoisotopic (exact) mass is 441 g/mol. The van der Waals surface area contributed by atoms with E-state index in [-0.39, 0.29) is 36.7 Å². The fraction of sp³-hybridized carbons (Fsp3) is 0.391. The van der Waals surface area contributed by atoms with Crippen LogP contribution < -0.4 is 4.74 Å². The van der Waals surface area contributed by atoms with Gasteiger partial charge in [-0.05, 0) is 23.8 Å². The Morgan fingerprint density at radius 1 is 1.19 bits per heavy atom. The second-order valence-electron chi connectivity index (χ2n) is 8.06. The van der Waals surface area contributed by atoms with Gasteiger partial charge in [0.2, 0.25) is 17.7 Å². The molecule has 3 heterocycles. The fourth-order valence-corrected chi connectivity index (χ4v) is 4.70. The van der Waals surface area contributed by atoms with Gasteiger partial charge in [-0.2, -0.15) is 0 Å². The topological polar surface area (TPSA) is 79.8 Å². The van der Waals surface area contributed by atoms with Crippen molar-refractivity contribution in [3.8, 4) is 5.75 Å². The maximum Gasteiger partial charge on any atom is 0.240 e. The number of rotatable bonds is 5. The van der Waals surface area contributed by atoms with Crippen LogP contribution in [0.25, 0.3) is 0 Å². The lowest BCUT2D eigenvalue weighted by molar-refractivity contribution is -0.142. The molecule has 0 saturated carbocycles. The number of likely N-dealkylation sites (tertiary alicyclic amines) is 2. The third kappa shape index (κ3) is 4.14. The van der Waals surface area contributed by atoms with E-state index in [2.05, 4.69) is 4.98 Å². The molecule has 1 atom stereocenters. The third-order valence-electron chi connectivity index (χ3n) is 6.12. The summed E-state index contributed by atoms with van der Waals surface area (Å²) in [4.78, 5) is 45.6. The molecule has 0 spiro atoms. The maximum absolute atomic E-state index is 13.2. The van der Waals surface area contributed by atoms with Gasteiger partial charge in [0.25, 0.3) is 0 Å². The molecule has 162 valence electrons. The van der Waals surface area contributed by atoms with Crippen LogP contribution in [-0.4, -0.2) is 58.7 Å². The highest BCUT2D eigenvalue weighted by atomic mass is 35.5. The Bertz CT molecular complexity index is 991. The molecule has 3 amide bonds. The van der Waals surface area contributed by atoms with E-state index in [0.717, 1.165) is 4.90 Å². The number of likely N-dealkylation sites (N-methyl/N-ethyl adjacent to an activating group) is 1. The SMILES string of the molecule is CN1C(=O)C[C@@](CC(=O)N2CCC(Oc3cccnc3)CC2)(c2ccccc2Cl)C1=O. The minimum atomic E-state index is -1.26. The summed E-state index contributed by atoms with van der Waals surface area (Å²) in [6, 6.07) is 10.6. The Balaban J connectivity index is 1.47. The molecule has 0 aliphatic carbocycles. The Morgan fingerprint density at radius 2 is 1.94 bits per heavy atom. The van der Waals surface area contributed by atoms with Gasteiger partial charge in [0, 0.05) is 57.0 Å². The number of nitrogens with zero attached hydrogens (tertiary/aromatic N) is 3. The summed E-state index contributed by atoms with van der Waals surface area (Å²) in [5.74, 6) is -0.130. The van der Waals surface area contributed by atoms with Crippen molar-refractivity contribution in [1.29, 1.82) is 0 Å². The van der Waals surface area contributed by atoms with Crippen LogP contribution >= 0.6 is 11.6 Å². The van der Waals surface area contributed by atoms with Gasteiger partial charge in [-0.15, -0.1) is 0 Å². The number of piperidine rings is 1. The van der Waals surface area contributed by atoms with Gasteiger partial charge in [0.05, 0.1) is 11.6 Å². The van der Waals surface area contributed by atoms with Crippen molar-refractivity contribution in [2.45, 2.75) is 37.2 Å². The zero-order valence-corrected chi connectivity index (χ0v) is 18.0. The number of carbonyl (C=O) groups excluding carboxylic acids is 3. The molecule has 7 nitrogen and oxygen atoms in total. The molecule has 0 N–H and O–H groups in total. The summed E-state index contributed by atoms with van der Waals surface area (Å²) >= 11 is 6.39. The predicted molar refractivity (Wildman–Crippen MR) is 115 cm³/mol. The van der Waals surface area contributed by atoms with Gasteiger partial charge >= 0.3 is 0 Å². The molecule has 2 saturated heterocycles. The van der Waals surface area contributed by atoms with Crippen molar-refractivity contribution in [3.63, 3.8) is 0 Å². The normalized spacial score (nSPS) is 22.1. The van der Waals surface area contributed by atoms with Crippen molar-refractivity contribution < 1.29 is 19.1 Å². The first-order valence-electron chi connectivity index (χ1n) is 10.3. The van der Waals surface area contributed by atoms with E-state index in [9.17, 15) is 14.4 Å². The largest absolute Gasteiger partial charge is 0.489 e. The molecule has 2 aliphatic rings. The van der Waals surface area contributed by atoms with Crippen LogP contribution in [-0.2, 0) is 19.8 Å². The molecule has 0 unspecified atom stereocenters. The Hall–Kier alpha value is -2.93. The van der Waals surface area contributed by atoms with Crippen LogP contribution in [0.15, 0.2) is 48.8 Å². The number of amides is 3. The van der Waals surface area contributed by atoms with Crippen LogP contribution in [0.1, 0.15) is 31.2 Å². The summed E-state index contributed by atoms with van der Waals surface area (Å²) < 4.78 is 5.94. The van der Waals surface area contributed by atoms with Crippen molar-refractivity contribution in [1.82, 2.24) is 14.8 Å². The van der Waals surface area contributed by atoms with Gasteiger partial charge in [-0.25, -0.2) is 0 Å². The van der Waals surface area contributed by atoms with Crippen molar-refractivity contribution in [3.05, 3.63) is 59.4 Å². The Labute approximate surface area is 185 Å². The van der Waals surface area contributed by atoms with Gasteiger partial charge in [-0.3, -0.25) is 24.3 Å². The minimum Gasteiger partial charge on any atom is -0.489 e. The zero-order chi connectivity index (χ0) is 22.0. The number of halogens is 1. The zero-order valence-electron chi connectivity index (χ0n) is 17.3. The lowest BCUT2D eigenvalue weighted by atomic mass is 9.75. The number of pyridine rings is 1. The van der Waals surface area contributed by atoms with Crippen molar-refractivity contribution in [2.75, 3.05) is 20.1 Å². The minimum absolute atomic E-state index is 0.00611. The molecular weight excluding hydrogens is 418 g/mol. The maximum atomic E-state index is 13.2. The molecule has 1 aromatic carbocycles. The van der Waals surface area contributed by atoms with Crippen LogP contribution in [0.5, 0.6) is 5.75 Å². The molecule has 1 aromatic heterocycles. The van der Waals surface area contributed by atoms with Crippen LogP contribution in [0.3, 0.4) is 0 Å². The number of hydrogen-bond donors (Lipinski definition) is 0. The van der Waals surface area contributed by atoms with Crippen LogP contribution in [0.2, 0.25) is 5.02 Å². The molecule has 8 heteroatoms. The molecule has 2 fully saturated rings. The third-order valence-corrected chi connectivity index (χ3v) is 6.44. The molecule has 31 heavy (non-hydrogen) atoms. The number of imide groups is 1. The van der Waals surface area contributed by atoms with Crippen LogP contribution in [0, 0.1) is 0 Å². The second kappa shape index (κ2) is 8.67. The van der Waals surface area contributed by atoms with E-state index in [1.807, 2.05) is 12.1 Å². The van der Waals surface area contributed by atoms with Crippen molar-refractivity contribution in [2.24, 2.45) is 0 Å². The first-order chi connectivity index (χ1) is 14.9. The second-order valence-corrected chi connectivity index (χ2v) is 8.47. The summed E-state index contributed by atoms with van der Waals surface area (Å²) in [5, 5.41) is 0.385. The summed E-state index contributed by atoms with van der Waals surface area (Å²) in [6.45, 7) is 1.06. The lowest BCUT2D eigenvalue weighted by Crippen LogP contribution is -2.46. The summed E-state index contributed by atoms with van der Waals surface area (Å²) in [7, 11) is 1.45. The highest BCUT2D eigenvalue weighted by Gasteiger charge is 2.53. The smallest absolute Gasteiger partial charge is 0.240 e. The Kier molecular flexibility index (Phi) is 5.96. The van der Waals surface area contributed by atoms with Crippen LogP contribution in [0.4, 0.5) is 0 Å². The van der Waals surface area contributed by atoms with E-state index in [1.54, 1.807) is 41.6 Å². The standard InChI is InChI=1S/C23H24ClN3O4/c1-26-20(28)13-23(22(26)30,18-6-2-3-7-19(18)24)14-21(29)27-11-8-16(9-12-27)31-17-5-4-10-25-15-17/h2-7,10,15-16H,8-9,11-14H2,1H3/t23-/m1/s1. The quantitative estimate of drug-likeness (QED) is 0.666. The molecule has 4 rings (SSSR count). The van der Waals surface area contributed by atoms with E-state index < -0.39 is 5.41 Å². The molecule has 2 aromatic rings. The first-order valence-corrected chi connectivity index (χ1v) is 10.7. The molecule has 2 aliphatic heterocycles. The average molecular weight is 442 g/mol. The molecule has 0 radical (unpaired) electrons. The average Bonchev–Trinajstić information content (AvgIpc) is 2.99. The van der Waals surface area contributed by atoms with E-state index in [0.29, 0.717) is 42.3 Å². The number of hydrogen-bond acceptors (Lipinski definition) is 5. The van der Waals surface area contributed by atoms with Gasteiger partial charge in [0.15, 0.2) is 0 Å². The molecular formula is C23H24ClN3O4. The molecule has 0 bridgehead atoms. The number of carbonyl (C=O) groups is 3. The van der Waals surface area contributed by atoms with E-state index in [4.69, 9.17) is 16.3 Å². The van der Waals surface area contributed by atoms with Gasteiger partial charge in [0.1, 0.15) is 11.9 Å². The summed E-state index contributed by atoms with van der Waals surface area (Å²) in [6.07, 6.45) is 4.60. The fourth-order valence-electron chi connectivity index (χ4n) is 4.38. The first kappa shape index (κ1) is 21.3. The number of benzene rings is 1. The van der Waals surface area contributed by atoms with E-state index >= 15 is 0 Å².